The van der Waals surface area contributed by atoms with E-state index in [0.29, 0.717) is 0 Å². The van der Waals surface area contributed by atoms with E-state index in [1.807, 2.05) is 6.20 Å². The molecule has 0 N–H and O–H groups in total. The van der Waals surface area contributed by atoms with Crippen molar-refractivity contribution in [2.75, 3.05) is 0 Å². The smallest absolute Gasteiger partial charge is 0.0749 e. The van der Waals surface area contributed by atoms with Crippen LogP contribution in [0.15, 0.2) is 60.8 Å². The Bertz CT molecular complexity index is 1060. The zero-order chi connectivity index (χ0) is 14.7. The molecule has 1 nitrogen and oxygen atoms in total. The van der Waals surface area contributed by atoms with E-state index in [1.165, 1.54) is 49.5 Å². The maximum Gasteiger partial charge on any atom is 0.0749 e. The molecule has 0 spiro atoms. The molecular weight excluding hydrogens is 266 g/mol. The third-order valence-electron chi connectivity index (χ3n) is 4.87. The molecule has 0 unspecified atom stereocenters. The molecule has 1 aromatic heterocycles. The van der Waals surface area contributed by atoms with Gasteiger partial charge in [0.2, 0.25) is 0 Å². The third-order valence-corrected chi connectivity index (χ3v) is 4.87. The minimum Gasteiger partial charge on any atom is -0.256 e. The number of nitrogens with zero attached hydrogens (tertiary/aromatic N) is 1. The predicted octanol–water partition coefficient (Wildman–Crippen LogP) is 5.27. The molecule has 0 aliphatic heterocycles. The summed E-state index contributed by atoms with van der Waals surface area (Å²) in [4.78, 5) is 4.69. The molecule has 5 rings (SSSR count). The van der Waals surface area contributed by atoms with E-state index in [0.717, 1.165) is 6.42 Å². The minimum absolute atomic E-state index is 1.01. The quantitative estimate of drug-likeness (QED) is 0.352. The van der Waals surface area contributed by atoms with Crippen LogP contribution in [0, 0.1) is 6.92 Å². The van der Waals surface area contributed by atoms with E-state index in [2.05, 4.69) is 61.5 Å². The molecule has 0 saturated carbocycles. The predicted molar refractivity (Wildman–Crippen MR) is 92.2 cm³/mol. The Morgan fingerprint density at radius 3 is 2.55 bits per heavy atom. The Morgan fingerprint density at radius 2 is 1.68 bits per heavy atom. The van der Waals surface area contributed by atoms with Gasteiger partial charge >= 0.3 is 0 Å². The highest BCUT2D eigenvalue weighted by Gasteiger charge is 2.23. The van der Waals surface area contributed by atoms with Gasteiger partial charge in [-0.25, -0.2) is 0 Å². The topological polar surface area (TPSA) is 12.9 Å². The highest BCUT2D eigenvalue weighted by molar-refractivity contribution is 6.06. The van der Waals surface area contributed by atoms with Crippen molar-refractivity contribution in [3.8, 4) is 11.3 Å². The number of aromatic nitrogens is 1. The van der Waals surface area contributed by atoms with Crippen molar-refractivity contribution in [1.82, 2.24) is 4.98 Å². The van der Waals surface area contributed by atoms with Gasteiger partial charge in [-0.15, -0.1) is 0 Å². The van der Waals surface area contributed by atoms with Crippen molar-refractivity contribution < 1.29 is 0 Å². The van der Waals surface area contributed by atoms with Crippen LogP contribution >= 0.6 is 0 Å². The van der Waals surface area contributed by atoms with E-state index >= 15 is 0 Å². The summed E-state index contributed by atoms with van der Waals surface area (Å²) in [5.74, 6) is 0. The summed E-state index contributed by atoms with van der Waals surface area (Å²) < 4.78 is 0. The van der Waals surface area contributed by atoms with Crippen molar-refractivity contribution in [1.29, 1.82) is 0 Å². The fraction of sp³-hybridized carbons (Fsp3) is 0.0952. The molecule has 104 valence electrons. The molecule has 0 saturated heterocycles. The van der Waals surface area contributed by atoms with Crippen molar-refractivity contribution in [2.45, 2.75) is 13.3 Å². The highest BCUT2D eigenvalue weighted by atomic mass is 14.7. The number of aryl methyl sites for hydroxylation is 1. The first kappa shape index (κ1) is 11.9. The molecule has 1 aliphatic rings. The van der Waals surface area contributed by atoms with Gasteiger partial charge in [-0.3, -0.25) is 4.98 Å². The number of rotatable bonds is 0. The van der Waals surface area contributed by atoms with Crippen molar-refractivity contribution in [3.05, 3.63) is 77.5 Å². The summed E-state index contributed by atoms with van der Waals surface area (Å²) in [5, 5.41) is 5.22. The van der Waals surface area contributed by atoms with Crippen molar-refractivity contribution in [3.63, 3.8) is 0 Å². The van der Waals surface area contributed by atoms with Gasteiger partial charge in [0.15, 0.2) is 0 Å². The van der Waals surface area contributed by atoms with E-state index in [9.17, 15) is 0 Å². The van der Waals surface area contributed by atoms with Gasteiger partial charge in [0.05, 0.1) is 5.69 Å². The Morgan fingerprint density at radius 1 is 0.864 bits per heavy atom. The van der Waals surface area contributed by atoms with Crippen LogP contribution in [0.4, 0.5) is 0 Å². The van der Waals surface area contributed by atoms with Crippen molar-refractivity contribution in [2.24, 2.45) is 0 Å². The van der Waals surface area contributed by atoms with Crippen LogP contribution in [0.25, 0.3) is 32.8 Å². The molecule has 3 aromatic carbocycles. The lowest BCUT2D eigenvalue weighted by molar-refractivity contribution is 1.18. The Hall–Kier alpha value is -2.67. The molecule has 1 heteroatoms. The second-order valence-electron chi connectivity index (χ2n) is 6.15. The van der Waals surface area contributed by atoms with Crippen LogP contribution in [0.5, 0.6) is 0 Å². The summed E-state index contributed by atoms with van der Waals surface area (Å²) in [6, 6.07) is 19.8. The minimum atomic E-state index is 1.01. The third kappa shape index (κ3) is 1.51. The summed E-state index contributed by atoms with van der Waals surface area (Å²) in [5.41, 5.74) is 6.64. The molecule has 1 aliphatic carbocycles. The monoisotopic (exact) mass is 281 g/mol. The Labute approximate surface area is 129 Å². The van der Waals surface area contributed by atoms with E-state index in [-0.39, 0.29) is 0 Å². The first-order valence-electron chi connectivity index (χ1n) is 7.70. The Kier molecular flexibility index (Phi) is 2.26. The van der Waals surface area contributed by atoms with Gasteiger partial charge in [0.25, 0.3) is 0 Å². The Balaban J connectivity index is 1.94. The first-order chi connectivity index (χ1) is 10.8. The zero-order valence-electron chi connectivity index (χ0n) is 12.4. The maximum absolute atomic E-state index is 4.69. The van der Waals surface area contributed by atoms with Gasteiger partial charge in [0, 0.05) is 18.2 Å². The SMILES string of the molecule is Cc1ccnc2c1Cc1ccc3cc4ccccc4cc3c1-2. The van der Waals surface area contributed by atoms with Crippen LogP contribution in [0.2, 0.25) is 0 Å². The fourth-order valence-electron chi connectivity index (χ4n) is 3.70. The van der Waals surface area contributed by atoms with Gasteiger partial charge in [-0.1, -0.05) is 36.4 Å². The normalized spacial score (nSPS) is 12.6. The van der Waals surface area contributed by atoms with Crippen LogP contribution in [0.1, 0.15) is 16.7 Å². The molecule has 0 radical (unpaired) electrons. The standard InChI is InChI=1S/C21H15N/c1-13-8-9-22-21-18(13)12-17-7-6-16-10-14-4-2-3-5-15(14)11-19(16)20(17)21/h2-11H,12H2,1H3. The molecule has 0 bridgehead atoms. The van der Waals surface area contributed by atoms with Crippen LogP contribution in [-0.2, 0) is 6.42 Å². The van der Waals surface area contributed by atoms with Gasteiger partial charge in [0.1, 0.15) is 0 Å². The summed E-state index contributed by atoms with van der Waals surface area (Å²) >= 11 is 0. The summed E-state index contributed by atoms with van der Waals surface area (Å²) in [7, 11) is 0. The first-order valence-corrected chi connectivity index (χ1v) is 7.70. The lowest BCUT2D eigenvalue weighted by atomic mass is 9.97. The number of hydrogen-bond donors (Lipinski definition) is 0. The lowest BCUT2D eigenvalue weighted by Crippen LogP contribution is -1.88. The van der Waals surface area contributed by atoms with Gasteiger partial charge in [-0.05, 0) is 63.4 Å². The largest absolute Gasteiger partial charge is 0.256 e. The molecular formula is C21H15N. The zero-order valence-corrected chi connectivity index (χ0v) is 12.4. The van der Waals surface area contributed by atoms with Crippen LogP contribution in [0.3, 0.4) is 0 Å². The molecule has 1 heterocycles. The van der Waals surface area contributed by atoms with E-state index < -0.39 is 0 Å². The number of fused-ring (bicyclic) bond motifs is 6. The highest BCUT2D eigenvalue weighted by Crippen LogP contribution is 2.42. The fourth-order valence-corrected chi connectivity index (χ4v) is 3.70. The van der Waals surface area contributed by atoms with E-state index in [1.54, 1.807) is 0 Å². The molecule has 0 fully saturated rings. The lowest BCUT2D eigenvalue weighted by Gasteiger charge is -2.08. The van der Waals surface area contributed by atoms with Crippen LogP contribution in [-0.4, -0.2) is 4.98 Å². The van der Waals surface area contributed by atoms with Crippen LogP contribution < -0.4 is 0 Å². The summed E-state index contributed by atoms with van der Waals surface area (Å²) in [6.07, 6.45) is 2.94. The molecule has 22 heavy (non-hydrogen) atoms. The van der Waals surface area contributed by atoms with Gasteiger partial charge < -0.3 is 0 Å². The molecule has 0 amide bonds. The average Bonchev–Trinajstić information content (AvgIpc) is 2.93. The number of hydrogen-bond acceptors (Lipinski definition) is 1. The second-order valence-corrected chi connectivity index (χ2v) is 6.15. The van der Waals surface area contributed by atoms with Crippen molar-refractivity contribution >= 4 is 21.5 Å². The summed E-state index contributed by atoms with van der Waals surface area (Å²) in [6.45, 7) is 2.18. The second kappa shape index (κ2) is 4.17. The average molecular weight is 281 g/mol. The van der Waals surface area contributed by atoms with Gasteiger partial charge in [-0.2, -0.15) is 0 Å². The maximum atomic E-state index is 4.69. The molecule has 0 atom stereocenters. The molecule has 4 aromatic rings. The van der Waals surface area contributed by atoms with E-state index in [4.69, 9.17) is 4.98 Å². The number of pyridine rings is 1. The number of benzene rings is 3.